The average Bonchev–Trinajstić information content (AvgIpc) is 1.87. The standard InChI is InChI=1S/C4H7N3O2/c1-3(6-7-5)4(9)2-8/h2-4,9H,1H3/t3-,4-/m0/s1. The predicted molar refractivity (Wildman–Crippen MR) is 30.7 cm³/mol. The van der Waals surface area contributed by atoms with Gasteiger partial charge in [0.2, 0.25) is 0 Å². The molecular formula is C4H7N3O2. The van der Waals surface area contributed by atoms with Crippen LogP contribution >= 0.6 is 0 Å². The molecule has 0 amide bonds. The Hall–Kier alpha value is -1.06. The lowest BCUT2D eigenvalue weighted by atomic mass is 10.2. The molecule has 0 heterocycles. The summed E-state index contributed by atoms with van der Waals surface area (Å²) in [6.45, 7) is 1.46. The molecule has 0 aromatic heterocycles. The van der Waals surface area contributed by atoms with Crippen LogP contribution in [-0.4, -0.2) is 23.5 Å². The second-order valence-corrected chi connectivity index (χ2v) is 1.57. The number of aliphatic hydroxyl groups is 1. The number of azide groups is 1. The van der Waals surface area contributed by atoms with Crippen LogP contribution in [0, 0.1) is 0 Å². The van der Waals surface area contributed by atoms with Crippen molar-refractivity contribution in [2.45, 2.75) is 19.1 Å². The van der Waals surface area contributed by atoms with Crippen LogP contribution in [0.5, 0.6) is 0 Å². The van der Waals surface area contributed by atoms with E-state index in [9.17, 15) is 4.79 Å². The van der Waals surface area contributed by atoms with E-state index in [0.717, 1.165) is 0 Å². The van der Waals surface area contributed by atoms with Gasteiger partial charge in [-0.2, -0.15) is 0 Å². The Morgan fingerprint density at radius 1 is 1.89 bits per heavy atom. The largest absolute Gasteiger partial charge is 0.385 e. The molecule has 5 nitrogen and oxygen atoms in total. The Bertz CT molecular complexity index is 141. The Balaban J connectivity index is 3.85. The van der Waals surface area contributed by atoms with Crippen LogP contribution in [0.4, 0.5) is 0 Å². The first-order valence-electron chi connectivity index (χ1n) is 2.40. The lowest BCUT2D eigenvalue weighted by Gasteiger charge is -2.03. The van der Waals surface area contributed by atoms with Gasteiger partial charge in [-0.05, 0) is 5.53 Å². The molecule has 0 aliphatic rings. The van der Waals surface area contributed by atoms with E-state index in [1.165, 1.54) is 6.92 Å². The molecule has 0 saturated carbocycles. The summed E-state index contributed by atoms with van der Waals surface area (Å²) < 4.78 is 0. The smallest absolute Gasteiger partial charge is 0.148 e. The van der Waals surface area contributed by atoms with E-state index in [1.54, 1.807) is 0 Å². The van der Waals surface area contributed by atoms with Crippen molar-refractivity contribution in [2.75, 3.05) is 0 Å². The number of aliphatic hydroxyl groups excluding tert-OH is 1. The molecule has 5 heteroatoms. The zero-order valence-corrected chi connectivity index (χ0v) is 4.93. The van der Waals surface area contributed by atoms with Crippen LogP contribution in [-0.2, 0) is 4.79 Å². The molecule has 0 aromatic carbocycles. The Morgan fingerprint density at radius 2 is 2.44 bits per heavy atom. The van der Waals surface area contributed by atoms with Gasteiger partial charge in [-0.3, -0.25) is 0 Å². The Kier molecular flexibility index (Phi) is 3.43. The molecule has 0 aliphatic carbocycles. The molecule has 0 aromatic rings. The van der Waals surface area contributed by atoms with Gasteiger partial charge in [-0.25, -0.2) is 0 Å². The van der Waals surface area contributed by atoms with Gasteiger partial charge >= 0.3 is 0 Å². The van der Waals surface area contributed by atoms with E-state index in [1.807, 2.05) is 0 Å². The minimum Gasteiger partial charge on any atom is -0.385 e. The zero-order chi connectivity index (χ0) is 7.28. The molecule has 0 radical (unpaired) electrons. The van der Waals surface area contributed by atoms with Crippen LogP contribution in [0.3, 0.4) is 0 Å². The highest BCUT2D eigenvalue weighted by Crippen LogP contribution is 1.94. The van der Waals surface area contributed by atoms with E-state index in [0.29, 0.717) is 6.29 Å². The molecule has 50 valence electrons. The maximum absolute atomic E-state index is 9.79. The molecule has 9 heavy (non-hydrogen) atoms. The highest BCUT2D eigenvalue weighted by atomic mass is 16.3. The quantitative estimate of drug-likeness (QED) is 0.256. The molecule has 0 rings (SSSR count). The number of carbonyl (C=O) groups is 1. The molecule has 0 unspecified atom stereocenters. The van der Waals surface area contributed by atoms with Gasteiger partial charge in [0.1, 0.15) is 12.4 Å². The van der Waals surface area contributed by atoms with Gasteiger partial charge in [-0.1, -0.05) is 12.0 Å². The molecule has 0 spiro atoms. The lowest BCUT2D eigenvalue weighted by Crippen LogP contribution is -2.21. The summed E-state index contributed by atoms with van der Waals surface area (Å²) in [6, 6.07) is -0.674. The van der Waals surface area contributed by atoms with Crippen molar-refractivity contribution < 1.29 is 9.90 Å². The SMILES string of the molecule is C[C@H](N=[N+]=[N-])[C@@H](O)C=O. The number of nitrogens with zero attached hydrogens (tertiary/aromatic N) is 3. The number of rotatable bonds is 3. The summed E-state index contributed by atoms with van der Waals surface area (Å²) in [6.07, 6.45) is -0.847. The van der Waals surface area contributed by atoms with E-state index in [2.05, 4.69) is 10.0 Å². The third kappa shape index (κ3) is 2.69. The maximum atomic E-state index is 9.79. The van der Waals surface area contributed by atoms with Crippen molar-refractivity contribution in [3.05, 3.63) is 10.4 Å². The van der Waals surface area contributed by atoms with Gasteiger partial charge in [0.05, 0.1) is 6.04 Å². The van der Waals surface area contributed by atoms with E-state index >= 15 is 0 Å². The van der Waals surface area contributed by atoms with Crippen LogP contribution in [0.2, 0.25) is 0 Å². The first-order valence-corrected chi connectivity index (χ1v) is 2.40. The van der Waals surface area contributed by atoms with Crippen molar-refractivity contribution in [1.82, 2.24) is 0 Å². The maximum Gasteiger partial charge on any atom is 0.148 e. The van der Waals surface area contributed by atoms with E-state index in [4.69, 9.17) is 10.6 Å². The summed E-state index contributed by atoms with van der Waals surface area (Å²) in [5.74, 6) is 0. The summed E-state index contributed by atoms with van der Waals surface area (Å²) in [5, 5.41) is 11.7. The zero-order valence-electron chi connectivity index (χ0n) is 4.93. The van der Waals surface area contributed by atoms with Crippen molar-refractivity contribution >= 4 is 6.29 Å². The molecule has 0 bridgehead atoms. The number of hydrogen-bond acceptors (Lipinski definition) is 3. The fourth-order valence-corrected chi connectivity index (χ4v) is 0.263. The summed E-state index contributed by atoms with van der Waals surface area (Å²) in [5.41, 5.74) is 7.81. The van der Waals surface area contributed by atoms with Gasteiger partial charge < -0.3 is 9.90 Å². The summed E-state index contributed by atoms with van der Waals surface area (Å²) in [7, 11) is 0. The normalized spacial score (nSPS) is 15.3. The highest BCUT2D eigenvalue weighted by Gasteiger charge is 2.09. The number of hydrogen-bond donors (Lipinski definition) is 1. The fourth-order valence-electron chi connectivity index (χ4n) is 0.263. The molecule has 0 saturated heterocycles. The van der Waals surface area contributed by atoms with Gasteiger partial charge in [-0.15, -0.1) is 0 Å². The number of aldehydes is 1. The third-order valence-electron chi connectivity index (χ3n) is 0.867. The van der Waals surface area contributed by atoms with Crippen LogP contribution in [0.25, 0.3) is 10.4 Å². The average molecular weight is 129 g/mol. The van der Waals surface area contributed by atoms with Gasteiger partial charge in [0.15, 0.2) is 0 Å². The minimum absolute atomic E-state index is 0.333. The lowest BCUT2D eigenvalue weighted by molar-refractivity contribution is -0.115. The van der Waals surface area contributed by atoms with Crippen molar-refractivity contribution in [3.63, 3.8) is 0 Å². The topological polar surface area (TPSA) is 86.1 Å². The second kappa shape index (κ2) is 3.88. The van der Waals surface area contributed by atoms with Crippen LogP contribution in [0.15, 0.2) is 5.11 Å². The van der Waals surface area contributed by atoms with Crippen molar-refractivity contribution in [3.8, 4) is 0 Å². The van der Waals surface area contributed by atoms with Gasteiger partial charge in [0, 0.05) is 4.91 Å². The van der Waals surface area contributed by atoms with E-state index in [-0.39, 0.29) is 0 Å². The molecule has 2 atom stereocenters. The molecule has 0 aliphatic heterocycles. The summed E-state index contributed by atoms with van der Waals surface area (Å²) >= 11 is 0. The third-order valence-corrected chi connectivity index (χ3v) is 0.867. The highest BCUT2D eigenvalue weighted by molar-refractivity contribution is 5.56. The number of carbonyl (C=O) groups excluding carboxylic acids is 1. The van der Waals surface area contributed by atoms with Crippen LogP contribution < -0.4 is 0 Å². The minimum atomic E-state index is -1.18. The van der Waals surface area contributed by atoms with Crippen molar-refractivity contribution in [1.29, 1.82) is 0 Å². The fraction of sp³-hybridized carbons (Fsp3) is 0.750. The monoisotopic (exact) mass is 129 g/mol. The first-order chi connectivity index (χ1) is 4.22. The first kappa shape index (κ1) is 7.94. The van der Waals surface area contributed by atoms with Crippen LogP contribution in [0.1, 0.15) is 6.92 Å². The second-order valence-electron chi connectivity index (χ2n) is 1.57. The summed E-state index contributed by atoms with van der Waals surface area (Å²) in [4.78, 5) is 12.2. The Labute approximate surface area is 51.9 Å². The predicted octanol–water partition coefficient (Wildman–Crippen LogP) is 0.245. The molecule has 1 N–H and O–H groups in total. The molecule has 0 fully saturated rings. The molecular weight excluding hydrogens is 122 g/mol. The van der Waals surface area contributed by atoms with E-state index < -0.39 is 12.1 Å². The van der Waals surface area contributed by atoms with Gasteiger partial charge in [0.25, 0.3) is 0 Å². The van der Waals surface area contributed by atoms with Crippen molar-refractivity contribution in [2.24, 2.45) is 5.11 Å². The Morgan fingerprint density at radius 3 is 2.78 bits per heavy atom.